The number of carbonyl (C=O) groups excluding carboxylic acids is 2. The summed E-state index contributed by atoms with van der Waals surface area (Å²) in [5.41, 5.74) is 0.604. The zero-order valence-corrected chi connectivity index (χ0v) is 15.4. The highest BCUT2D eigenvalue weighted by molar-refractivity contribution is 5.82. The molecule has 1 heterocycles. The fraction of sp³-hybridized carbons (Fsp3) is 0.600. The summed E-state index contributed by atoms with van der Waals surface area (Å²) < 4.78 is 13.7. The summed E-state index contributed by atoms with van der Waals surface area (Å²) in [6, 6.07) is 6.48. The number of amides is 2. The van der Waals surface area contributed by atoms with E-state index in [0.29, 0.717) is 18.5 Å². The van der Waals surface area contributed by atoms with Gasteiger partial charge in [-0.3, -0.25) is 9.59 Å². The van der Waals surface area contributed by atoms with E-state index < -0.39 is 0 Å². The SMILES string of the molecule is CC[C@H](C)C(=O)N1CCC[C@H](C(=O)N[C@@H](C)Cc2ccccc2F)C1. The first kappa shape index (κ1) is 19.4. The molecule has 1 aromatic rings. The van der Waals surface area contributed by atoms with E-state index in [1.807, 2.05) is 25.7 Å². The standard InChI is InChI=1S/C20H29FN2O2/c1-4-14(2)20(25)23-11-7-9-17(13-23)19(24)22-15(3)12-16-8-5-6-10-18(16)21/h5-6,8,10,14-15,17H,4,7,9,11-13H2,1-3H3,(H,22,24)/t14-,15-,17-/m0/s1. The number of hydrogen-bond donors (Lipinski definition) is 1. The average molecular weight is 348 g/mol. The number of benzene rings is 1. The maximum atomic E-state index is 13.7. The molecule has 1 aliphatic heterocycles. The molecule has 5 heteroatoms. The molecular weight excluding hydrogens is 319 g/mol. The minimum atomic E-state index is -0.244. The van der Waals surface area contributed by atoms with Gasteiger partial charge in [0.15, 0.2) is 0 Å². The average Bonchev–Trinajstić information content (AvgIpc) is 2.62. The molecule has 3 atom stereocenters. The molecule has 4 nitrogen and oxygen atoms in total. The Kier molecular flexibility index (Phi) is 6.97. The smallest absolute Gasteiger partial charge is 0.225 e. The maximum Gasteiger partial charge on any atom is 0.225 e. The molecule has 0 saturated carbocycles. The van der Waals surface area contributed by atoms with E-state index in [2.05, 4.69) is 5.32 Å². The van der Waals surface area contributed by atoms with Crippen molar-refractivity contribution in [1.29, 1.82) is 0 Å². The van der Waals surface area contributed by atoms with E-state index in [4.69, 9.17) is 0 Å². The van der Waals surface area contributed by atoms with Crippen LogP contribution >= 0.6 is 0 Å². The number of rotatable bonds is 6. The van der Waals surface area contributed by atoms with Gasteiger partial charge in [0.25, 0.3) is 0 Å². The van der Waals surface area contributed by atoms with Crippen molar-refractivity contribution in [2.75, 3.05) is 13.1 Å². The first-order chi connectivity index (χ1) is 11.9. The molecule has 0 bridgehead atoms. The van der Waals surface area contributed by atoms with Gasteiger partial charge in [0.05, 0.1) is 5.92 Å². The highest BCUT2D eigenvalue weighted by atomic mass is 19.1. The maximum absolute atomic E-state index is 13.7. The van der Waals surface area contributed by atoms with Gasteiger partial charge in [-0.25, -0.2) is 4.39 Å². The van der Waals surface area contributed by atoms with E-state index in [0.717, 1.165) is 25.8 Å². The second-order valence-corrected chi connectivity index (χ2v) is 7.14. The van der Waals surface area contributed by atoms with Gasteiger partial charge in [0.1, 0.15) is 5.82 Å². The lowest BCUT2D eigenvalue weighted by Crippen LogP contribution is -2.48. The van der Waals surface area contributed by atoms with Crippen LogP contribution in [0.25, 0.3) is 0 Å². The lowest BCUT2D eigenvalue weighted by molar-refractivity contribution is -0.139. The van der Waals surface area contributed by atoms with Gasteiger partial charge in [0, 0.05) is 25.0 Å². The Bertz CT molecular complexity index is 605. The van der Waals surface area contributed by atoms with Crippen LogP contribution in [-0.2, 0) is 16.0 Å². The monoisotopic (exact) mass is 348 g/mol. The molecule has 2 amide bonds. The van der Waals surface area contributed by atoms with Gasteiger partial charge in [-0.15, -0.1) is 0 Å². The second-order valence-electron chi connectivity index (χ2n) is 7.14. The number of nitrogens with one attached hydrogen (secondary N) is 1. The number of hydrogen-bond acceptors (Lipinski definition) is 2. The fourth-order valence-electron chi connectivity index (χ4n) is 3.28. The van der Waals surface area contributed by atoms with Crippen LogP contribution in [0.1, 0.15) is 45.6 Å². The largest absolute Gasteiger partial charge is 0.353 e. The van der Waals surface area contributed by atoms with E-state index in [1.165, 1.54) is 6.07 Å². The summed E-state index contributed by atoms with van der Waals surface area (Å²) in [4.78, 5) is 26.7. The van der Waals surface area contributed by atoms with Gasteiger partial charge in [-0.05, 0) is 44.2 Å². The molecular formula is C20H29FN2O2. The summed E-state index contributed by atoms with van der Waals surface area (Å²) >= 11 is 0. The Balaban J connectivity index is 1.89. The van der Waals surface area contributed by atoms with Crippen LogP contribution in [-0.4, -0.2) is 35.8 Å². The zero-order valence-electron chi connectivity index (χ0n) is 15.4. The third-order valence-corrected chi connectivity index (χ3v) is 5.01. The summed E-state index contributed by atoms with van der Waals surface area (Å²) in [5.74, 6) is -0.317. The molecule has 1 aromatic carbocycles. The van der Waals surface area contributed by atoms with Crippen molar-refractivity contribution < 1.29 is 14.0 Å². The number of carbonyl (C=O) groups is 2. The molecule has 1 saturated heterocycles. The number of piperidine rings is 1. The molecule has 0 aromatic heterocycles. The third kappa shape index (κ3) is 5.28. The van der Waals surface area contributed by atoms with Crippen LogP contribution in [0.5, 0.6) is 0 Å². The molecule has 138 valence electrons. The van der Waals surface area contributed by atoms with E-state index >= 15 is 0 Å². The zero-order chi connectivity index (χ0) is 18.4. The highest BCUT2D eigenvalue weighted by Gasteiger charge is 2.30. The van der Waals surface area contributed by atoms with Crippen LogP contribution in [0.3, 0.4) is 0 Å². The van der Waals surface area contributed by atoms with E-state index in [-0.39, 0.29) is 35.5 Å². The van der Waals surface area contributed by atoms with Gasteiger partial charge in [-0.1, -0.05) is 32.0 Å². The second kappa shape index (κ2) is 8.97. The van der Waals surface area contributed by atoms with E-state index in [9.17, 15) is 14.0 Å². The van der Waals surface area contributed by atoms with Gasteiger partial charge in [-0.2, -0.15) is 0 Å². The van der Waals surface area contributed by atoms with Crippen molar-refractivity contribution in [3.05, 3.63) is 35.6 Å². The van der Waals surface area contributed by atoms with Gasteiger partial charge in [0.2, 0.25) is 11.8 Å². The van der Waals surface area contributed by atoms with Crippen molar-refractivity contribution in [2.45, 2.75) is 52.5 Å². The van der Waals surface area contributed by atoms with Gasteiger partial charge < -0.3 is 10.2 Å². The molecule has 0 spiro atoms. The van der Waals surface area contributed by atoms with Crippen molar-refractivity contribution >= 4 is 11.8 Å². The first-order valence-electron chi connectivity index (χ1n) is 9.25. The van der Waals surface area contributed by atoms with Crippen LogP contribution in [0.4, 0.5) is 4.39 Å². The Morgan fingerprint density at radius 3 is 2.72 bits per heavy atom. The molecule has 1 fully saturated rings. The molecule has 2 rings (SSSR count). The van der Waals surface area contributed by atoms with Crippen molar-refractivity contribution in [3.8, 4) is 0 Å². The fourth-order valence-corrected chi connectivity index (χ4v) is 3.28. The molecule has 0 aliphatic carbocycles. The highest BCUT2D eigenvalue weighted by Crippen LogP contribution is 2.20. The minimum Gasteiger partial charge on any atom is -0.353 e. The van der Waals surface area contributed by atoms with Crippen LogP contribution in [0.2, 0.25) is 0 Å². The van der Waals surface area contributed by atoms with Crippen LogP contribution < -0.4 is 5.32 Å². The van der Waals surface area contributed by atoms with Gasteiger partial charge >= 0.3 is 0 Å². The van der Waals surface area contributed by atoms with Crippen molar-refractivity contribution in [3.63, 3.8) is 0 Å². The predicted molar refractivity (Wildman–Crippen MR) is 96.5 cm³/mol. The van der Waals surface area contributed by atoms with Crippen molar-refractivity contribution in [1.82, 2.24) is 10.2 Å². The number of halogens is 1. The van der Waals surface area contributed by atoms with Crippen LogP contribution in [0.15, 0.2) is 24.3 Å². The lowest BCUT2D eigenvalue weighted by Gasteiger charge is -2.34. The Morgan fingerprint density at radius 1 is 1.32 bits per heavy atom. The topological polar surface area (TPSA) is 49.4 Å². The summed E-state index contributed by atoms with van der Waals surface area (Å²) in [6.45, 7) is 7.04. The Hall–Kier alpha value is -1.91. The summed E-state index contributed by atoms with van der Waals surface area (Å²) in [7, 11) is 0. The predicted octanol–water partition coefficient (Wildman–Crippen LogP) is 3.16. The molecule has 1 aliphatic rings. The minimum absolute atomic E-state index is 0.00166. The first-order valence-corrected chi connectivity index (χ1v) is 9.25. The number of nitrogens with zero attached hydrogens (tertiary/aromatic N) is 1. The van der Waals surface area contributed by atoms with Crippen LogP contribution in [0, 0.1) is 17.7 Å². The molecule has 1 N–H and O–H groups in total. The molecule has 25 heavy (non-hydrogen) atoms. The Labute approximate surface area is 149 Å². The summed E-state index contributed by atoms with van der Waals surface area (Å²) in [5, 5.41) is 2.98. The molecule has 0 unspecified atom stereocenters. The lowest BCUT2D eigenvalue weighted by atomic mass is 9.95. The number of likely N-dealkylation sites (tertiary alicyclic amines) is 1. The van der Waals surface area contributed by atoms with E-state index in [1.54, 1.807) is 18.2 Å². The normalized spacial score (nSPS) is 20.0. The summed E-state index contributed by atoms with van der Waals surface area (Å²) in [6.07, 6.45) is 2.91. The third-order valence-electron chi connectivity index (χ3n) is 5.01. The molecule has 0 radical (unpaired) electrons. The quantitative estimate of drug-likeness (QED) is 0.858. The Morgan fingerprint density at radius 2 is 2.04 bits per heavy atom. The van der Waals surface area contributed by atoms with Crippen molar-refractivity contribution in [2.24, 2.45) is 11.8 Å².